The first-order valence-corrected chi connectivity index (χ1v) is 6.01. The number of pyridine rings is 1. The van der Waals surface area contributed by atoms with Crippen molar-refractivity contribution in [1.29, 1.82) is 0 Å². The van der Waals surface area contributed by atoms with Gasteiger partial charge in [-0.05, 0) is 41.4 Å². The lowest BCUT2D eigenvalue weighted by Gasteiger charge is -2.19. The highest BCUT2D eigenvalue weighted by atomic mass is 79.9. The fourth-order valence-electron chi connectivity index (χ4n) is 1.98. The molecule has 0 aromatic carbocycles. The van der Waals surface area contributed by atoms with Gasteiger partial charge in [0.1, 0.15) is 5.82 Å². The van der Waals surface area contributed by atoms with Gasteiger partial charge in [0.25, 0.3) is 0 Å². The Bertz CT molecular complexity index is 343. The van der Waals surface area contributed by atoms with Crippen molar-refractivity contribution in [3.8, 4) is 0 Å². The summed E-state index contributed by atoms with van der Waals surface area (Å²) in [6.07, 6.45) is 2.62. The van der Waals surface area contributed by atoms with Crippen molar-refractivity contribution in [2.45, 2.75) is 19.4 Å². The number of rotatable bonds is 2. The molecule has 0 radical (unpaired) electrons. The van der Waals surface area contributed by atoms with Crippen LogP contribution in [0.2, 0.25) is 0 Å². The maximum absolute atomic E-state index is 9.53. The van der Waals surface area contributed by atoms with Gasteiger partial charge in [-0.25, -0.2) is 4.98 Å². The number of aromatic nitrogens is 1. The Hall–Kier alpha value is -0.610. The number of nitrogens with zero attached hydrogens (tertiary/aromatic N) is 2. The van der Waals surface area contributed by atoms with E-state index in [-0.39, 0.29) is 6.10 Å². The summed E-state index contributed by atoms with van der Waals surface area (Å²) in [6.45, 7) is 3.74. The molecule has 1 N–H and O–H groups in total. The van der Waals surface area contributed by atoms with E-state index in [4.69, 9.17) is 0 Å². The van der Waals surface area contributed by atoms with E-state index in [0.29, 0.717) is 5.92 Å². The molecule has 0 bridgehead atoms. The zero-order valence-corrected chi connectivity index (χ0v) is 10.3. The van der Waals surface area contributed by atoms with Crippen LogP contribution in [0.15, 0.2) is 22.8 Å². The highest BCUT2D eigenvalue weighted by Gasteiger charge is 2.27. The van der Waals surface area contributed by atoms with E-state index in [9.17, 15) is 5.11 Å². The Kier molecular flexibility index (Phi) is 3.26. The minimum absolute atomic E-state index is 0.225. The average Bonchev–Trinajstić information content (AvgIpc) is 2.67. The summed E-state index contributed by atoms with van der Waals surface area (Å²) in [5.74, 6) is 1.36. The van der Waals surface area contributed by atoms with Crippen molar-refractivity contribution >= 4 is 21.7 Å². The SMILES string of the molecule is CC(O)C1CCN(c2ncccc2Br)C1. The molecule has 2 atom stereocenters. The standard InChI is InChI=1S/C11H15BrN2O/c1-8(15)9-4-6-14(7-9)11-10(12)3-2-5-13-11/h2-3,5,8-9,15H,4,6-7H2,1H3. The Morgan fingerprint density at radius 3 is 3.07 bits per heavy atom. The second kappa shape index (κ2) is 4.49. The average molecular weight is 271 g/mol. The molecular formula is C11H15BrN2O. The zero-order chi connectivity index (χ0) is 10.8. The Balaban J connectivity index is 2.11. The molecule has 0 spiro atoms. The molecule has 1 aliphatic heterocycles. The van der Waals surface area contributed by atoms with E-state index in [2.05, 4.69) is 25.8 Å². The second-order valence-electron chi connectivity index (χ2n) is 4.04. The Labute approximate surface area is 98.3 Å². The van der Waals surface area contributed by atoms with Gasteiger partial charge in [0, 0.05) is 25.2 Å². The van der Waals surface area contributed by atoms with Crippen LogP contribution in [0.3, 0.4) is 0 Å². The predicted molar refractivity (Wildman–Crippen MR) is 63.9 cm³/mol. The molecule has 2 heterocycles. The van der Waals surface area contributed by atoms with Gasteiger partial charge in [0.05, 0.1) is 10.6 Å². The van der Waals surface area contributed by atoms with Crippen molar-refractivity contribution < 1.29 is 5.11 Å². The lowest BCUT2D eigenvalue weighted by Crippen LogP contribution is -2.24. The maximum Gasteiger partial charge on any atom is 0.142 e. The van der Waals surface area contributed by atoms with E-state index in [1.54, 1.807) is 6.20 Å². The van der Waals surface area contributed by atoms with E-state index < -0.39 is 0 Å². The molecule has 1 aliphatic rings. The molecule has 1 saturated heterocycles. The lowest BCUT2D eigenvalue weighted by atomic mass is 10.0. The topological polar surface area (TPSA) is 36.4 Å². The zero-order valence-electron chi connectivity index (χ0n) is 8.73. The summed E-state index contributed by atoms with van der Waals surface area (Å²) in [5.41, 5.74) is 0. The minimum atomic E-state index is -0.225. The number of hydrogen-bond donors (Lipinski definition) is 1. The van der Waals surface area contributed by atoms with Crippen molar-refractivity contribution in [1.82, 2.24) is 4.98 Å². The number of anilines is 1. The van der Waals surface area contributed by atoms with Crippen LogP contribution < -0.4 is 4.90 Å². The highest BCUT2D eigenvalue weighted by molar-refractivity contribution is 9.10. The second-order valence-corrected chi connectivity index (χ2v) is 4.90. The number of halogens is 1. The highest BCUT2D eigenvalue weighted by Crippen LogP contribution is 2.29. The molecule has 0 saturated carbocycles. The van der Waals surface area contributed by atoms with Gasteiger partial charge < -0.3 is 10.0 Å². The molecule has 2 rings (SSSR count). The van der Waals surface area contributed by atoms with Crippen LogP contribution in [0.25, 0.3) is 0 Å². The normalized spacial score (nSPS) is 23.1. The molecule has 1 aromatic heterocycles. The smallest absolute Gasteiger partial charge is 0.142 e. The van der Waals surface area contributed by atoms with E-state index in [1.807, 2.05) is 19.1 Å². The molecular weight excluding hydrogens is 256 g/mol. The van der Waals surface area contributed by atoms with Crippen LogP contribution in [0.5, 0.6) is 0 Å². The molecule has 82 valence electrons. The summed E-state index contributed by atoms with van der Waals surface area (Å²) in [5, 5.41) is 9.53. The van der Waals surface area contributed by atoms with Crippen molar-refractivity contribution in [2.24, 2.45) is 5.92 Å². The van der Waals surface area contributed by atoms with Crippen molar-refractivity contribution in [3.05, 3.63) is 22.8 Å². The Morgan fingerprint density at radius 1 is 1.67 bits per heavy atom. The van der Waals surface area contributed by atoms with E-state index in [1.165, 1.54) is 0 Å². The van der Waals surface area contributed by atoms with Gasteiger partial charge in [0.15, 0.2) is 0 Å². The van der Waals surface area contributed by atoms with Crippen LogP contribution >= 0.6 is 15.9 Å². The van der Waals surface area contributed by atoms with E-state index >= 15 is 0 Å². The number of aliphatic hydroxyl groups excluding tert-OH is 1. The molecule has 1 fully saturated rings. The fraction of sp³-hybridized carbons (Fsp3) is 0.545. The first-order chi connectivity index (χ1) is 7.18. The quantitative estimate of drug-likeness (QED) is 0.894. The summed E-state index contributed by atoms with van der Waals surface area (Å²) >= 11 is 3.50. The van der Waals surface area contributed by atoms with Crippen LogP contribution in [-0.2, 0) is 0 Å². The van der Waals surface area contributed by atoms with Crippen molar-refractivity contribution in [2.75, 3.05) is 18.0 Å². The van der Waals surface area contributed by atoms with Gasteiger partial charge >= 0.3 is 0 Å². The van der Waals surface area contributed by atoms with Crippen LogP contribution in [0, 0.1) is 5.92 Å². The summed E-state index contributed by atoms with van der Waals surface area (Å²) in [4.78, 5) is 6.58. The minimum Gasteiger partial charge on any atom is -0.393 e. The van der Waals surface area contributed by atoms with Crippen molar-refractivity contribution in [3.63, 3.8) is 0 Å². The third-order valence-corrected chi connectivity index (χ3v) is 3.56. The maximum atomic E-state index is 9.53. The molecule has 4 heteroatoms. The first-order valence-electron chi connectivity index (χ1n) is 5.22. The molecule has 3 nitrogen and oxygen atoms in total. The summed E-state index contributed by atoms with van der Waals surface area (Å²) < 4.78 is 1.02. The molecule has 2 unspecified atom stereocenters. The van der Waals surface area contributed by atoms with Crippen LogP contribution in [0.1, 0.15) is 13.3 Å². The van der Waals surface area contributed by atoms with Gasteiger partial charge in [-0.3, -0.25) is 0 Å². The van der Waals surface area contributed by atoms with Gasteiger partial charge in [-0.15, -0.1) is 0 Å². The molecule has 15 heavy (non-hydrogen) atoms. The van der Waals surface area contributed by atoms with Crippen LogP contribution in [-0.4, -0.2) is 29.3 Å². The molecule has 0 aliphatic carbocycles. The lowest BCUT2D eigenvalue weighted by molar-refractivity contribution is 0.136. The summed E-state index contributed by atoms with van der Waals surface area (Å²) in [7, 11) is 0. The monoisotopic (exact) mass is 270 g/mol. The van der Waals surface area contributed by atoms with Gasteiger partial charge in [-0.2, -0.15) is 0 Å². The van der Waals surface area contributed by atoms with Crippen LogP contribution in [0.4, 0.5) is 5.82 Å². The number of hydrogen-bond acceptors (Lipinski definition) is 3. The largest absolute Gasteiger partial charge is 0.393 e. The van der Waals surface area contributed by atoms with Gasteiger partial charge in [-0.1, -0.05) is 0 Å². The number of aliphatic hydroxyl groups is 1. The fourth-order valence-corrected chi connectivity index (χ4v) is 2.49. The predicted octanol–water partition coefficient (Wildman–Crippen LogP) is 2.05. The molecule has 0 amide bonds. The van der Waals surface area contributed by atoms with E-state index in [0.717, 1.165) is 29.8 Å². The summed E-state index contributed by atoms with van der Waals surface area (Å²) in [6, 6.07) is 3.91. The Morgan fingerprint density at radius 2 is 2.47 bits per heavy atom. The molecule has 1 aromatic rings. The third-order valence-electron chi connectivity index (χ3n) is 2.95. The van der Waals surface area contributed by atoms with Gasteiger partial charge in [0.2, 0.25) is 0 Å². The third kappa shape index (κ3) is 2.32. The first kappa shape index (κ1) is 10.9.